The van der Waals surface area contributed by atoms with Crippen molar-refractivity contribution in [3.8, 4) is 6.07 Å². The molecule has 0 saturated heterocycles. The van der Waals surface area contributed by atoms with Gasteiger partial charge >= 0.3 is 0 Å². The number of rotatable bonds is 6. The van der Waals surface area contributed by atoms with Gasteiger partial charge in [0.2, 0.25) is 10.0 Å². The lowest BCUT2D eigenvalue weighted by molar-refractivity contribution is 0.576. The van der Waals surface area contributed by atoms with Gasteiger partial charge in [0.25, 0.3) is 0 Å². The van der Waals surface area contributed by atoms with Crippen LogP contribution in [0.2, 0.25) is 0 Å². The molecule has 8 heteroatoms. The molecule has 0 aliphatic heterocycles. The van der Waals surface area contributed by atoms with Crippen LogP contribution >= 0.6 is 12.4 Å². The summed E-state index contributed by atoms with van der Waals surface area (Å²) in [6.45, 7) is 3.52. The fraction of sp³-hybridized carbons (Fsp3) is 0.400. The molecule has 1 heterocycles. The average Bonchev–Trinajstić information content (AvgIpc) is 2.34. The highest BCUT2D eigenvalue weighted by atomic mass is 35.5. The maximum absolute atomic E-state index is 11.8. The number of pyridine rings is 1. The molecule has 0 bridgehead atoms. The lowest BCUT2D eigenvalue weighted by atomic mass is 10.4. The van der Waals surface area contributed by atoms with Crippen molar-refractivity contribution in [3.05, 3.63) is 24.0 Å². The van der Waals surface area contributed by atoms with Crippen LogP contribution in [0.25, 0.3) is 0 Å². The molecular formula is C10H15ClN4O2S. The topological polar surface area (TPSA) is 94.9 Å². The summed E-state index contributed by atoms with van der Waals surface area (Å²) in [5.41, 5.74) is -0.0940. The van der Waals surface area contributed by atoms with E-state index in [2.05, 4.69) is 15.0 Å². The van der Waals surface area contributed by atoms with E-state index in [0.717, 1.165) is 6.54 Å². The molecule has 6 nitrogen and oxygen atoms in total. The third kappa shape index (κ3) is 4.58. The number of hydrogen-bond donors (Lipinski definition) is 2. The van der Waals surface area contributed by atoms with Gasteiger partial charge in [-0.2, -0.15) is 5.26 Å². The first-order valence-electron chi connectivity index (χ1n) is 5.17. The van der Waals surface area contributed by atoms with Crippen LogP contribution in [-0.4, -0.2) is 33.0 Å². The standard InChI is InChI=1S/C10H14N4O2S.ClH/c1-2-12-6-7-14-17(15,16)10-4-3-5-13-9(10)8-11;/h3-5,12,14H,2,6-7H2,1H3;1H. The summed E-state index contributed by atoms with van der Waals surface area (Å²) in [7, 11) is -3.66. The lowest BCUT2D eigenvalue weighted by Gasteiger charge is -2.07. The van der Waals surface area contributed by atoms with Gasteiger partial charge in [0.15, 0.2) is 5.69 Å². The quantitative estimate of drug-likeness (QED) is 0.733. The molecule has 100 valence electrons. The number of likely N-dealkylation sites (N-methyl/N-ethyl adjacent to an activating group) is 1. The molecule has 0 fully saturated rings. The van der Waals surface area contributed by atoms with Gasteiger partial charge in [-0.3, -0.25) is 0 Å². The van der Waals surface area contributed by atoms with E-state index < -0.39 is 10.0 Å². The summed E-state index contributed by atoms with van der Waals surface area (Å²) in [4.78, 5) is 3.63. The van der Waals surface area contributed by atoms with Crippen molar-refractivity contribution in [2.24, 2.45) is 0 Å². The molecule has 0 unspecified atom stereocenters. The van der Waals surface area contributed by atoms with Crippen LogP contribution in [-0.2, 0) is 10.0 Å². The minimum absolute atomic E-state index is 0. The molecule has 2 N–H and O–H groups in total. The summed E-state index contributed by atoms with van der Waals surface area (Å²) < 4.78 is 26.1. The maximum atomic E-state index is 11.8. The van der Waals surface area contributed by atoms with Gasteiger partial charge < -0.3 is 5.32 Å². The Kier molecular flexibility index (Phi) is 7.47. The Morgan fingerprint density at radius 3 is 2.78 bits per heavy atom. The number of sulfonamides is 1. The number of aromatic nitrogens is 1. The average molecular weight is 291 g/mol. The largest absolute Gasteiger partial charge is 0.316 e. The van der Waals surface area contributed by atoms with Gasteiger partial charge in [-0.05, 0) is 18.7 Å². The molecule has 0 saturated carbocycles. The molecule has 0 spiro atoms. The van der Waals surface area contributed by atoms with E-state index in [1.807, 2.05) is 6.92 Å². The molecule has 1 aromatic rings. The zero-order valence-electron chi connectivity index (χ0n) is 9.88. The summed E-state index contributed by atoms with van der Waals surface area (Å²) in [5.74, 6) is 0. The van der Waals surface area contributed by atoms with Gasteiger partial charge in [-0.15, -0.1) is 12.4 Å². The number of nitrogens with one attached hydrogen (secondary N) is 2. The van der Waals surface area contributed by atoms with E-state index in [-0.39, 0.29) is 29.5 Å². The highest BCUT2D eigenvalue weighted by Gasteiger charge is 2.18. The second-order valence-electron chi connectivity index (χ2n) is 3.21. The molecule has 0 radical (unpaired) electrons. The van der Waals surface area contributed by atoms with Crippen molar-refractivity contribution < 1.29 is 8.42 Å². The minimum atomic E-state index is -3.66. The Morgan fingerprint density at radius 2 is 2.17 bits per heavy atom. The van der Waals surface area contributed by atoms with Crippen LogP contribution in [0.3, 0.4) is 0 Å². The molecule has 1 rings (SSSR count). The van der Waals surface area contributed by atoms with Gasteiger partial charge in [-0.25, -0.2) is 18.1 Å². The summed E-state index contributed by atoms with van der Waals surface area (Å²) in [6.07, 6.45) is 1.39. The summed E-state index contributed by atoms with van der Waals surface area (Å²) in [5, 5.41) is 11.8. The van der Waals surface area contributed by atoms with Crippen molar-refractivity contribution >= 4 is 22.4 Å². The first kappa shape index (κ1) is 16.8. The van der Waals surface area contributed by atoms with Crippen LogP contribution in [0.4, 0.5) is 0 Å². The predicted octanol–water partition coefficient (Wildman–Crippen LogP) is 0.263. The van der Waals surface area contributed by atoms with Crippen molar-refractivity contribution in [1.82, 2.24) is 15.0 Å². The number of nitrogens with zero attached hydrogens (tertiary/aromatic N) is 2. The van der Waals surface area contributed by atoms with Crippen molar-refractivity contribution in [2.45, 2.75) is 11.8 Å². The normalized spacial score (nSPS) is 10.4. The molecule has 18 heavy (non-hydrogen) atoms. The Morgan fingerprint density at radius 1 is 1.44 bits per heavy atom. The Labute approximate surface area is 113 Å². The monoisotopic (exact) mass is 290 g/mol. The predicted molar refractivity (Wildman–Crippen MR) is 69.9 cm³/mol. The van der Waals surface area contributed by atoms with E-state index in [1.54, 1.807) is 6.07 Å². The van der Waals surface area contributed by atoms with Crippen LogP contribution < -0.4 is 10.0 Å². The van der Waals surface area contributed by atoms with E-state index in [0.29, 0.717) is 6.54 Å². The van der Waals surface area contributed by atoms with Crippen molar-refractivity contribution in [3.63, 3.8) is 0 Å². The SMILES string of the molecule is CCNCCNS(=O)(=O)c1cccnc1C#N.Cl. The van der Waals surface area contributed by atoms with Crippen molar-refractivity contribution in [1.29, 1.82) is 5.26 Å². The molecule has 0 aliphatic rings. The van der Waals surface area contributed by atoms with Gasteiger partial charge in [0.1, 0.15) is 11.0 Å². The molecule has 0 aliphatic carbocycles. The maximum Gasteiger partial charge on any atom is 0.243 e. The highest BCUT2D eigenvalue weighted by molar-refractivity contribution is 7.89. The van der Waals surface area contributed by atoms with Gasteiger partial charge in [0.05, 0.1) is 0 Å². The first-order chi connectivity index (χ1) is 8.11. The van der Waals surface area contributed by atoms with Gasteiger partial charge in [-0.1, -0.05) is 6.92 Å². The number of halogens is 1. The van der Waals surface area contributed by atoms with Crippen LogP contribution in [0.15, 0.2) is 23.2 Å². The lowest BCUT2D eigenvalue weighted by Crippen LogP contribution is -2.32. The number of hydrogen-bond acceptors (Lipinski definition) is 5. The van der Waals surface area contributed by atoms with Crippen LogP contribution in [0.1, 0.15) is 12.6 Å². The Hall–Kier alpha value is -1.20. The molecule has 0 aromatic carbocycles. The molecule has 0 amide bonds. The van der Waals surface area contributed by atoms with Crippen LogP contribution in [0, 0.1) is 11.3 Å². The third-order valence-corrected chi connectivity index (χ3v) is 3.50. The first-order valence-corrected chi connectivity index (χ1v) is 6.65. The summed E-state index contributed by atoms with van der Waals surface area (Å²) in [6, 6.07) is 4.61. The third-order valence-electron chi connectivity index (χ3n) is 2.01. The highest BCUT2D eigenvalue weighted by Crippen LogP contribution is 2.10. The molecule has 0 atom stereocenters. The van der Waals surface area contributed by atoms with Gasteiger partial charge in [0, 0.05) is 19.3 Å². The van der Waals surface area contributed by atoms with E-state index in [4.69, 9.17) is 5.26 Å². The molecular weight excluding hydrogens is 276 g/mol. The Bertz CT molecular complexity index is 513. The minimum Gasteiger partial charge on any atom is -0.316 e. The molecule has 1 aromatic heterocycles. The smallest absolute Gasteiger partial charge is 0.243 e. The fourth-order valence-electron chi connectivity index (χ4n) is 1.22. The summed E-state index contributed by atoms with van der Waals surface area (Å²) >= 11 is 0. The van der Waals surface area contributed by atoms with E-state index >= 15 is 0 Å². The second-order valence-corrected chi connectivity index (χ2v) is 4.95. The van der Waals surface area contributed by atoms with E-state index in [9.17, 15) is 8.42 Å². The van der Waals surface area contributed by atoms with Crippen LogP contribution in [0.5, 0.6) is 0 Å². The second kappa shape index (κ2) is 8.00. The van der Waals surface area contributed by atoms with Crippen molar-refractivity contribution in [2.75, 3.05) is 19.6 Å². The number of nitriles is 1. The fourth-order valence-corrected chi connectivity index (χ4v) is 2.36. The Balaban J connectivity index is 0.00000289. The zero-order chi connectivity index (χ0) is 12.7. The zero-order valence-corrected chi connectivity index (χ0v) is 11.5. The van der Waals surface area contributed by atoms with E-state index in [1.165, 1.54) is 18.3 Å².